The zero-order valence-electron chi connectivity index (χ0n) is 8.57. The van der Waals surface area contributed by atoms with Crippen LogP contribution in [-0.2, 0) is 11.2 Å². The summed E-state index contributed by atoms with van der Waals surface area (Å²) in [6.07, 6.45) is -4.69. The molecule has 0 aliphatic rings. The van der Waals surface area contributed by atoms with E-state index in [9.17, 15) is 18.0 Å². The summed E-state index contributed by atoms with van der Waals surface area (Å²) >= 11 is 0. The van der Waals surface area contributed by atoms with E-state index in [1.165, 1.54) is 12.1 Å². The van der Waals surface area contributed by atoms with Crippen LogP contribution < -0.4 is 10.5 Å². The topological polar surface area (TPSA) is 72.5 Å². The molecule has 0 radical (unpaired) electrons. The lowest BCUT2D eigenvalue weighted by Gasteiger charge is -2.10. The maximum Gasteiger partial charge on any atom is 0.573 e. The van der Waals surface area contributed by atoms with Gasteiger partial charge in [0, 0.05) is 0 Å². The molecule has 4 nitrogen and oxygen atoms in total. The van der Waals surface area contributed by atoms with E-state index in [0.717, 1.165) is 12.1 Å². The smallest absolute Gasteiger partial charge is 0.480 e. The van der Waals surface area contributed by atoms with Crippen molar-refractivity contribution in [3.8, 4) is 5.75 Å². The standard InChI is InChI=1S/C10H10F3NO3/c11-10(12,13)17-7-3-1-6(2-4-7)5-8(14)9(15)16/h1-4,8H,5,14H2,(H,15,16)/t8-/m1/s1. The van der Waals surface area contributed by atoms with E-state index in [-0.39, 0.29) is 12.2 Å². The zero-order valence-corrected chi connectivity index (χ0v) is 8.57. The Morgan fingerprint density at radius 1 is 1.35 bits per heavy atom. The predicted octanol–water partition coefficient (Wildman–Crippen LogP) is 1.54. The Hall–Kier alpha value is -1.76. The molecule has 1 rings (SSSR count). The van der Waals surface area contributed by atoms with Crippen LogP contribution in [0.5, 0.6) is 5.75 Å². The summed E-state index contributed by atoms with van der Waals surface area (Å²) in [7, 11) is 0. The Bertz CT molecular complexity index is 389. The Labute approximate surface area is 94.8 Å². The molecule has 1 atom stereocenters. The highest BCUT2D eigenvalue weighted by Crippen LogP contribution is 2.22. The Morgan fingerprint density at radius 2 is 1.88 bits per heavy atom. The fourth-order valence-corrected chi connectivity index (χ4v) is 1.17. The third-order valence-corrected chi connectivity index (χ3v) is 1.93. The number of hydrogen-bond acceptors (Lipinski definition) is 3. The largest absolute Gasteiger partial charge is 0.573 e. The lowest BCUT2D eigenvalue weighted by atomic mass is 10.1. The first-order chi connectivity index (χ1) is 7.78. The average Bonchev–Trinajstić information content (AvgIpc) is 2.18. The maximum atomic E-state index is 11.8. The van der Waals surface area contributed by atoms with Crippen LogP contribution in [0.2, 0.25) is 0 Å². The van der Waals surface area contributed by atoms with Gasteiger partial charge in [-0.1, -0.05) is 12.1 Å². The number of benzene rings is 1. The van der Waals surface area contributed by atoms with Gasteiger partial charge in [0.05, 0.1) is 0 Å². The molecule has 0 unspecified atom stereocenters. The minimum Gasteiger partial charge on any atom is -0.480 e. The average molecular weight is 249 g/mol. The number of aliphatic carboxylic acids is 1. The van der Waals surface area contributed by atoms with Crippen molar-refractivity contribution < 1.29 is 27.8 Å². The minimum atomic E-state index is -4.74. The van der Waals surface area contributed by atoms with Gasteiger partial charge >= 0.3 is 12.3 Å². The van der Waals surface area contributed by atoms with Crippen molar-refractivity contribution in [3.05, 3.63) is 29.8 Å². The van der Waals surface area contributed by atoms with Crippen LogP contribution in [0.15, 0.2) is 24.3 Å². The van der Waals surface area contributed by atoms with Gasteiger partial charge in [-0.25, -0.2) is 0 Å². The molecule has 0 amide bonds. The molecule has 7 heteroatoms. The van der Waals surface area contributed by atoms with Gasteiger partial charge in [-0.15, -0.1) is 13.2 Å². The fraction of sp³-hybridized carbons (Fsp3) is 0.300. The van der Waals surface area contributed by atoms with Crippen molar-refractivity contribution in [2.45, 2.75) is 18.8 Å². The second-order valence-corrected chi connectivity index (χ2v) is 3.34. The van der Waals surface area contributed by atoms with E-state index in [2.05, 4.69) is 4.74 Å². The monoisotopic (exact) mass is 249 g/mol. The molecule has 0 bridgehead atoms. The van der Waals surface area contributed by atoms with Crippen molar-refractivity contribution in [3.63, 3.8) is 0 Å². The summed E-state index contributed by atoms with van der Waals surface area (Å²) in [5, 5.41) is 8.55. The van der Waals surface area contributed by atoms with Gasteiger partial charge in [0.1, 0.15) is 11.8 Å². The molecule has 0 aliphatic heterocycles. The molecular weight excluding hydrogens is 239 g/mol. The molecule has 0 spiro atoms. The Kier molecular flexibility index (Phi) is 3.95. The van der Waals surface area contributed by atoms with Gasteiger partial charge in [0.15, 0.2) is 0 Å². The van der Waals surface area contributed by atoms with Crippen LogP contribution >= 0.6 is 0 Å². The highest BCUT2D eigenvalue weighted by Gasteiger charge is 2.30. The molecule has 1 aromatic rings. The number of hydrogen-bond donors (Lipinski definition) is 2. The number of nitrogens with two attached hydrogens (primary N) is 1. The molecule has 0 heterocycles. The SMILES string of the molecule is N[C@H](Cc1ccc(OC(F)(F)F)cc1)C(=O)O. The Balaban J connectivity index is 2.65. The van der Waals surface area contributed by atoms with Crippen molar-refractivity contribution in [1.82, 2.24) is 0 Å². The van der Waals surface area contributed by atoms with Crippen molar-refractivity contribution in [2.24, 2.45) is 5.73 Å². The second kappa shape index (κ2) is 5.05. The van der Waals surface area contributed by atoms with Crippen LogP contribution in [0.4, 0.5) is 13.2 Å². The summed E-state index contributed by atoms with van der Waals surface area (Å²) in [6.45, 7) is 0. The maximum absolute atomic E-state index is 11.8. The normalized spacial score (nSPS) is 13.2. The molecule has 0 saturated heterocycles. The molecule has 3 N–H and O–H groups in total. The van der Waals surface area contributed by atoms with Crippen molar-refractivity contribution in [1.29, 1.82) is 0 Å². The van der Waals surface area contributed by atoms with Crippen molar-refractivity contribution >= 4 is 5.97 Å². The van der Waals surface area contributed by atoms with Gasteiger partial charge in [-0.05, 0) is 24.1 Å². The zero-order chi connectivity index (χ0) is 13.1. The summed E-state index contributed by atoms with van der Waals surface area (Å²) < 4.78 is 39.2. The number of carbonyl (C=O) groups is 1. The first kappa shape index (κ1) is 13.3. The van der Waals surface area contributed by atoms with Crippen LogP contribution in [0.1, 0.15) is 5.56 Å². The molecule has 94 valence electrons. The molecule has 0 aromatic heterocycles. The number of rotatable bonds is 4. The highest BCUT2D eigenvalue weighted by atomic mass is 19.4. The lowest BCUT2D eigenvalue weighted by molar-refractivity contribution is -0.274. The van der Waals surface area contributed by atoms with E-state index < -0.39 is 18.4 Å². The van der Waals surface area contributed by atoms with E-state index >= 15 is 0 Å². The highest BCUT2D eigenvalue weighted by molar-refractivity contribution is 5.73. The molecule has 1 aromatic carbocycles. The third-order valence-electron chi connectivity index (χ3n) is 1.93. The first-order valence-electron chi connectivity index (χ1n) is 4.61. The van der Waals surface area contributed by atoms with E-state index in [4.69, 9.17) is 10.8 Å². The number of carboxylic acids is 1. The summed E-state index contributed by atoms with van der Waals surface area (Å²) in [4.78, 5) is 10.5. The molecule has 17 heavy (non-hydrogen) atoms. The number of carboxylic acid groups (broad SMARTS) is 1. The molecular formula is C10H10F3NO3. The van der Waals surface area contributed by atoms with Gasteiger partial charge in [0.2, 0.25) is 0 Å². The van der Waals surface area contributed by atoms with E-state index in [1.807, 2.05) is 0 Å². The second-order valence-electron chi connectivity index (χ2n) is 3.34. The van der Waals surface area contributed by atoms with Gasteiger partial charge in [0.25, 0.3) is 0 Å². The van der Waals surface area contributed by atoms with Gasteiger partial charge in [-0.3, -0.25) is 4.79 Å². The predicted molar refractivity (Wildman–Crippen MR) is 52.4 cm³/mol. The first-order valence-corrected chi connectivity index (χ1v) is 4.61. The van der Waals surface area contributed by atoms with E-state index in [1.54, 1.807) is 0 Å². The number of halogens is 3. The molecule has 0 saturated carbocycles. The molecule has 0 fully saturated rings. The van der Waals surface area contributed by atoms with Gasteiger partial charge in [-0.2, -0.15) is 0 Å². The Morgan fingerprint density at radius 3 is 2.29 bits per heavy atom. The van der Waals surface area contributed by atoms with Crippen molar-refractivity contribution in [2.75, 3.05) is 0 Å². The summed E-state index contributed by atoms with van der Waals surface area (Å²) in [6, 6.07) is 3.81. The van der Waals surface area contributed by atoms with Crippen LogP contribution in [0.25, 0.3) is 0 Å². The molecule has 0 aliphatic carbocycles. The number of ether oxygens (including phenoxy) is 1. The number of alkyl halides is 3. The third kappa shape index (κ3) is 4.73. The lowest BCUT2D eigenvalue weighted by Crippen LogP contribution is -2.32. The van der Waals surface area contributed by atoms with Gasteiger partial charge < -0.3 is 15.6 Å². The fourth-order valence-electron chi connectivity index (χ4n) is 1.17. The summed E-state index contributed by atoms with van der Waals surface area (Å²) in [5.74, 6) is -1.52. The summed E-state index contributed by atoms with van der Waals surface area (Å²) in [5.41, 5.74) is 5.80. The van der Waals surface area contributed by atoms with Crippen LogP contribution in [0, 0.1) is 0 Å². The van der Waals surface area contributed by atoms with E-state index in [0.29, 0.717) is 5.56 Å². The minimum absolute atomic E-state index is 0.0433. The quantitative estimate of drug-likeness (QED) is 0.848. The van der Waals surface area contributed by atoms with Crippen LogP contribution in [-0.4, -0.2) is 23.5 Å². The van der Waals surface area contributed by atoms with Crippen LogP contribution in [0.3, 0.4) is 0 Å².